The molecule has 1 rings (SSSR count). The Hall–Kier alpha value is -0.380. The Kier molecular flexibility index (Phi) is 5.63. The van der Waals surface area contributed by atoms with Crippen LogP contribution in [0.1, 0.15) is 45.2 Å². The van der Waals surface area contributed by atoms with Crippen molar-refractivity contribution in [2.24, 2.45) is 0 Å². The lowest BCUT2D eigenvalue weighted by atomic mass is 9.96. The number of nitrogens with one attached hydrogen (secondary N) is 1. The van der Waals surface area contributed by atoms with Gasteiger partial charge < -0.3 is 10.4 Å². The third-order valence-corrected chi connectivity index (χ3v) is 4.15. The van der Waals surface area contributed by atoms with Gasteiger partial charge in [0.15, 0.2) is 0 Å². The molecule has 1 unspecified atom stereocenters. The highest BCUT2D eigenvalue weighted by Crippen LogP contribution is 2.23. The van der Waals surface area contributed by atoms with E-state index in [1.54, 1.807) is 0 Å². The summed E-state index contributed by atoms with van der Waals surface area (Å²) >= 11 is 3.55. The van der Waals surface area contributed by atoms with Crippen LogP contribution in [0.5, 0.6) is 0 Å². The topological polar surface area (TPSA) is 32.3 Å². The van der Waals surface area contributed by atoms with E-state index in [9.17, 15) is 5.11 Å². The minimum Gasteiger partial charge on any atom is -0.389 e. The summed E-state index contributed by atoms with van der Waals surface area (Å²) in [6, 6.07) is 8.41. The van der Waals surface area contributed by atoms with E-state index in [1.165, 1.54) is 5.56 Å². The van der Waals surface area contributed by atoms with Crippen LogP contribution < -0.4 is 5.32 Å². The molecule has 0 aliphatic rings. The Morgan fingerprint density at radius 1 is 1.29 bits per heavy atom. The molecule has 0 aromatic heterocycles. The molecule has 2 N–H and O–H groups in total. The van der Waals surface area contributed by atoms with Crippen molar-refractivity contribution in [2.45, 2.75) is 45.3 Å². The summed E-state index contributed by atoms with van der Waals surface area (Å²) in [5, 5.41) is 13.6. The molecule has 1 aromatic rings. The summed E-state index contributed by atoms with van der Waals surface area (Å²) in [4.78, 5) is 0. The lowest BCUT2D eigenvalue weighted by molar-refractivity contribution is 0.0303. The van der Waals surface area contributed by atoms with Crippen molar-refractivity contribution in [1.29, 1.82) is 0 Å². The molecule has 3 heteroatoms. The number of benzene rings is 1. The van der Waals surface area contributed by atoms with Crippen molar-refractivity contribution in [2.75, 3.05) is 6.54 Å². The Morgan fingerprint density at radius 3 is 2.41 bits per heavy atom. The molecule has 1 aromatic carbocycles. The summed E-state index contributed by atoms with van der Waals surface area (Å²) in [6.45, 7) is 6.79. The second-order valence-electron chi connectivity index (χ2n) is 4.56. The van der Waals surface area contributed by atoms with Gasteiger partial charge >= 0.3 is 0 Å². The van der Waals surface area contributed by atoms with Gasteiger partial charge in [-0.25, -0.2) is 0 Å². The van der Waals surface area contributed by atoms with E-state index >= 15 is 0 Å². The van der Waals surface area contributed by atoms with Crippen molar-refractivity contribution in [3.8, 4) is 0 Å². The van der Waals surface area contributed by atoms with Crippen LogP contribution in [0.4, 0.5) is 0 Å². The molecular weight excluding hydrogens is 278 g/mol. The maximum Gasteiger partial charge on any atom is 0.0766 e. The van der Waals surface area contributed by atoms with E-state index in [-0.39, 0.29) is 6.04 Å². The van der Waals surface area contributed by atoms with Crippen molar-refractivity contribution >= 4 is 15.9 Å². The highest BCUT2D eigenvalue weighted by Gasteiger charge is 2.22. The molecule has 2 nitrogen and oxygen atoms in total. The second kappa shape index (κ2) is 6.53. The van der Waals surface area contributed by atoms with E-state index in [1.807, 2.05) is 32.0 Å². The molecular formula is C14H22BrNO. The van der Waals surface area contributed by atoms with Gasteiger partial charge in [-0.1, -0.05) is 48.0 Å². The van der Waals surface area contributed by atoms with Gasteiger partial charge in [-0.15, -0.1) is 0 Å². The zero-order valence-corrected chi connectivity index (χ0v) is 12.4. The molecule has 0 fully saturated rings. The average Bonchev–Trinajstić information content (AvgIpc) is 2.36. The van der Waals surface area contributed by atoms with Crippen LogP contribution >= 0.6 is 15.9 Å². The Bertz CT molecular complexity index is 350. The molecule has 0 saturated carbocycles. The number of hydrogen-bond acceptors (Lipinski definition) is 2. The minimum absolute atomic E-state index is 0.232. The lowest BCUT2D eigenvalue weighted by Gasteiger charge is -2.28. The standard InChI is InChI=1S/C14H22BrNO/c1-4-14(17,5-2)10-16-11(3)12-8-6-7-9-13(12)15/h6-9,11,16-17H,4-5,10H2,1-3H3. The fourth-order valence-corrected chi connectivity index (χ4v) is 2.41. The Balaban J connectivity index is 2.62. The van der Waals surface area contributed by atoms with Crippen molar-refractivity contribution in [3.05, 3.63) is 34.3 Å². The lowest BCUT2D eigenvalue weighted by Crippen LogP contribution is -2.40. The van der Waals surface area contributed by atoms with Gasteiger partial charge in [0, 0.05) is 17.1 Å². The summed E-state index contributed by atoms with van der Waals surface area (Å²) in [6.07, 6.45) is 1.55. The van der Waals surface area contributed by atoms with Gasteiger partial charge in [0.25, 0.3) is 0 Å². The minimum atomic E-state index is -0.588. The van der Waals surface area contributed by atoms with Gasteiger partial charge in [-0.3, -0.25) is 0 Å². The fourth-order valence-electron chi connectivity index (χ4n) is 1.78. The van der Waals surface area contributed by atoms with E-state index < -0.39 is 5.60 Å². The summed E-state index contributed by atoms with van der Waals surface area (Å²) in [5.41, 5.74) is 0.636. The summed E-state index contributed by atoms with van der Waals surface area (Å²) in [5.74, 6) is 0. The van der Waals surface area contributed by atoms with Crippen LogP contribution in [-0.4, -0.2) is 17.3 Å². The first-order valence-electron chi connectivity index (χ1n) is 6.22. The predicted octanol–water partition coefficient (Wildman–Crippen LogP) is 3.65. The first kappa shape index (κ1) is 14.7. The highest BCUT2D eigenvalue weighted by atomic mass is 79.9. The fraction of sp³-hybridized carbons (Fsp3) is 0.571. The zero-order valence-electron chi connectivity index (χ0n) is 10.8. The Morgan fingerprint density at radius 2 is 1.88 bits per heavy atom. The summed E-state index contributed by atoms with van der Waals surface area (Å²) < 4.78 is 1.11. The van der Waals surface area contributed by atoms with Crippen LogP contribution in [0, 0.1) is 0 Å². The van der Waals surface area contributed by atoms with Gasteiger partial charge in [-0.2, -0.15) is 0 Å². The zero-order chi connectivity index (χ0) is 12.9. The number of aliphatic hydroxyl groups is 1. The van der Waals surface area contributed by atoms with Crippen LogP contribution in [0.15, 0.2) is 28.7 Å². The molecule has 1 atom stereocenters. The van der Waals surface area contributed by atoms with Crippen LogP contribution in [0.3, 0.4) is 0 Å². The molecule has 96 valence electrons. The van der Waals surface area contributed by atoms with Crippen LogP contribution in [-0.2, 0) is 0 Å². The molecule has 0 aliphatic carbocycles. The normalized spacial score (nSPS) is 13.7. The molecule has 0 saturated heterocycles. The predicted molar refractivity (Wildman–Crippen MR) is 76.1 cm³/mol. The van der Waals surface area contributed by atoms with E-state index in [0.29, 0.717) is 6.54 Å². The maximum atomic E-state index is 10.2. The second-order valence-corrected chi connectivity index (χ2v) is 5.41. The monoisotopic (exact) mass is 299 g/mol. The van der Waals surface area contributed by atoms with E-state index in [2.05, 4.69) is 34.2 Å². The molecule has 0 radical (unpaired) electrons. The smallest absolute Gasteiger partial charge is 0.0766 e. The first-order chi connectivity index (χ1) is 8.02. The first-order valence-corrected chi connectivity index (χ1v) is 7.02. The third kappa shape index (κ3) is 4.09. The molecule has 0 aliphatic heterocycles. The molecule has 0 amide bonds. The third-order valence-electron chi connectivity index (χ3n) is 3.43. The van der Waals surface area contributed by atoms with Crippen molar-refractivity contribution in [3.63, 3.8) is 0 Å². The van der Waals surface area contributed by atoms with Crippen molar-refractivity contribution < 1.29 is 5.11 Å². The number of hydrogen-bond donors (Lipinski definition) is 2. The van der Waals surface area contributed by atoms with Gasteiger partial charge in [0.1, 0.15) is 0 Å². The van der Waals surface area contributed by atoms with Gasteiger partial charge in [0.2, 0.25) is 0 Å². The van der Waals surface area contributed by atoms with Gasteiger partial charge in [0.05, 0.1) is 5.60 Å². The molecule has 0 bridgehead atoms. The van der Waals surface area contributed by atoms with Crippen LogP contribution in [0.25, 0.3) is 0 Å². The Labute approximate surface area is 113 Å². The van der Waals surface area contributed by atoms with Gasteiger partial charge in [-0.05, 0) is 31.4 Å². The van der Waals surface area contributed by atoms with E-state index in [4.69, 9.17) is 0 Å². The highest BCUT2D eigenvalue weighted by molar-refractivity contribution is 9.10. The average molecular weight is 300 g/mol. The molecule has 0 heterocycles. The number of rotatable bonds is 6. The quantitative estimate of drug-likeness (QED) is 0.840. The SMILES string of the molecule is CCC(O)(CC)CNC(C)c1ccccc1Br. The molecule has 0 spiro atoms. The number of halogens is 1. The van der Waals surface area contributed by atoms with Crippen LogP contribution in [0.2, 0.25) is 0 Å². The maximum absolute atomic E-state index is 10.2. The van der Waals surface area contributed by atoms with Crippen molar-refractivity contribution in [1.82, 2.24) is 5.32 Å². The van der Waals surface area contributed by atoms with E-state index in [0.717, 1.165) is 17.3 Å². The largest absolute Gasteiger partial charge is 0.389 e. The summed E-state index contributed by atoms with van der Waals surface area (Å²) in [7, 11) is 0. The molecule has 17 heavy (non-hydrogen) atoms.